The summed E-state index contributed by atoms with van der Waals surface area (Å²) in [5.41, 5.74) is 1.85. The van der Waals surface area contributed by atoms with Crippen molar-refractivity contribution in [3.05, 3.63) is 29.3 Å². The Labute approximate surface area is 145 Å². The second-order valence-electron chi connectivity index (χ2n) is 5.86. The van der Waals surface area contributed by atoms with Gasteiger partial charge in [0.2, 0.25) is 5.91 Å². The first-order valence-electron chi connectivity index (χ1n) is 7.98. The van der Waals surface area contributed by atoms with E-state index in [0.29, 0.717) is 17.0 Å². The molecule has 0 radical (unpaired) electrons. The Morgan fingerprint density at radius 2 is 1.96 bits per heavy atom. The molecule has 1 aromatic rings. The van der Waals surface area contributed by atoms with Gasteiger partial charge in [0, 0.05) is 37.2 Å². The molecular formula is C17H22F2N2O2S. The zero-order valence-electron chi connectivity index (χ0n) is 13.9. The largest absolute Gasteiger partial charge is 0.338 e. The van der Waals surface area contributed by atoms with E-state index < -0.39 is 5.92 Å². The second kappa shape index (κ2) is 7.96. The predicted molar refractivity (Wildman–Crippen MR) is 92.9 cm³/mol. The Bertz CT molecular complexity index is 613. The summed E-state index contributed by atoms with van der Waals surface area (Å²) < 4.78 is 26.4. The Morgan fingerprint density at radius 1 is 1.29 bits per heavy atom. The van der Waals surface area contributed by atoms with Crippen molar-refractivity contribution >= 4 is 29.3 Å². The number of amides is 2. The molecular weight excluding hydrogens is 334 g/mol. The first-order chi connectivity index (χ1) is 11.3. The van der Waals surface area contributed by atoms with Crippen LogP contribution in [0.4, 0.5) is 14.5 Å². The summed E-state index contributed by atoms with van der Waals surface area (Å²) >= 11 is 1.52. The highest BCUT2D eigenvalue weighted by molar-refractivity contribution is 7.99. The topological polar surface area (TPSA) is 49.4 Å². The quantitative estimate of drug-likeness (QED) is 0.878. The van der Waals surface area contributed by atoms with E-state index in [0.717, 1.165) is 11.3 Å². The molecule has 2 amide bonds. The molecule has 0 atom stereocenters. The summed E-state index contributed by atoms with van der Waals surface area (Å²) in [4.78, 5) is 25.8. The molecule has 0 bridgehead atoms. The second-order valence-corrected chi connectivity index (χ2v) is 7.14. The summed E-state index contributed by atoms with van der Waals surface area (Å²) in [6, 6.07) is 5.05. The van der Waals surface area contributed by atoms with E-state index in [1.165, 1.54) is 16.7 Å². The highest BCUT2D eigenvalue weighted by Crippen LogP contribution is 2.29. The third-order valence-corrected chi connectivity index (χ3v) is 4.85. The number of hydrogen-bond acceptors (Lipinski definition) is 3. The molecule has 24 heavy (non-hydrogen) atoms. The monoisotopic (exact) mass is 356 g/mol. The maximum absolute atomic E-state index is 13.2. The van der Waals surface area contributed by atoms with Crippen LogP contribution in [-0.4, -0.2) is 47.2 Å². The van der Waals surface area contributed by atoms with Crippen LogP contribution in [-0.2, 0) is 4.79 Å². The van der Waals surface area contributed by atoms with Crippen LogP contribution in [0.1, 0.15) is 35.7 Å². The zero-order chi connectivity index (χ0) is 17.7. The van der Waals surface area contributed by atoms with Crippen molar-refractivity contribution in [3.8, 4) is 0 Å². The average Bonchev–Trinajstić information content (AvgIpc) is 2.54. The number of carbonyl (C=O) groups excluding carboxylic acids is 2. The molecule has 132 valence electrons. The van der Waals surface area contributed by atoms with E-state index in [1.807, 2.05) is 13.8 Å². The number of benzene rings is 1. The number of nitrogens with zero attached hydrogens (tertiary/aromatic N) is 1. The van der Waals surface area contributed by atoms with Gasteiger partial charge in [-0.25, -0.2) is 8.78 Å². The minimum absolute atomic E-state index is 0.0501. The summed E-state index contributed by atoms with van der Waals surface area (Å²) in [5, 5.41) is 2.81. The van der Waals surface area contributed by atoms with Gasteiger partial charge in [0.05, 0.1) is 5.75 Å². The summed E-state index contributed by atoms with van der Waals surface area (Å²) in [7, 11) is 0. The van der Waals surface area contributed by atoms with E-state index in [9.17, 15) is 18.4 Å². The SMILES string of the molecule is CCSCC(=O)Nc1cc(C(=O)N2CCC(F)(F)CC2)ccc1C. The van der Waals surface area contributed by atoms with Crippen LogP contribution in [0.2, 0.25) is 0 Å². The molecule has 1 fully saturated rings. The van der Waals surface area contributed by atoms with Gasteiger partial charge in [-0.3, -0.25) is 9.59 Å². The van der Waals surface area contributed by atoms with E-state index in [2.05, 4.69) is 5.32 Å². The van der Waals surface area contributed by atoms with Crippen LogP contribution in [0, 0.1) is 6.92 Å². The molecule has 1 N–H and O–H groups in total. The van der Waals surface area contributed by atoms with Gasteiger partial charge in [0.15, 0.2) is 0 Å². The summed E-state index contributed by atoms with van der Waals surface area (Å²) in [6.07, 6.45) is -0.606. The highest BCUT2D eigenvalue weighted by Gasteiger charge is 2.35. The molecule has 1 aliphatic rings. The van der Waals surface area contributed by atoms with Crippen LogP contribution in [0.3, 0.4) is 0 Å². The number of alkyl halides is 2. The molecule has 0 aromatic heterocycles. The molecule has 0 unspecified atom stereocenters. The van der Waals surface area contributed by atoms with Gasteiger partial charge in [-0.1, -0.05) is 13.0 Å². The molecule has 0 saturated carbocycles. The molecule has 1 aromatic carbocycles. The van der Waals surface area contributed by atoms with Crippen molar-refractivity contribution in [1.82, 2.24) is 4.90 Å². The van der Waals surface area contributed by atoms with E-state index >= 15 is 0 Å². The van der Waals surface area contributed by atoms with Crippen LogP contribution in [0.25, 0.3) is 0 Å². The van der Waals surface area contributed by atoms with Gasteiger partial charge >= 0.3 is 0 Å². The lowest BCUT2D eigenvalue weighted by Gasteiger charge is -2.31. The standard InChI is InChI=1S/C17H22F2N2O2S/c1-3-24-11-15(22)20-14-10-13(5-4-12(14)2)16(23)21-8-6-17(18,19)7-9-21/h4-5,10H,3,6-9,11H2,1-2H3,(H,20,22). The normalized spacial score (nSPS) is 16.8. The lowest BCUT2D eigenvalue weighted by Crippen LogP contribution is -2.42. The van der Waals surface area contributed by atoms with Crippen LogP contribution in [0.15, 0.2) is 18.2 Å². The van der Waals surface area contributed by atoms with Crippen molar-refractivity contribution < 1.29 is 18.4 Å². The first-order valence-corrected chi connectivity index (χ1v) is 9.13. The maximum Gasteiger partial charge on any atom is 0.253 e. The number of likely N-dealkylation sites (tertiary alicyclic amines) is 1. The lowest BCUT2D eigenvalue weighted by molar-refractivity contribution is -0.113. The number of piperidine rings is 1. The molecule has 7 heteroatoms. The number of hydrogen-bond donors (Lipinski definition) is 1. The lowest BCUT2D eigenvalue weighted by atomic mass is 10.0. The summed E-state index contributed by atoms with van der Waals surface area (Å²) in [6.45, 7) is 3.92. The smallest absolute Gasteiger partial charge is 0.253 e. The van der Waals surface area contributed by atoms with Crippen molar-refractivity contribution in [1.29, 1.82) is 0 Å². The molecule has 0 aliphatic carbocycles. The van der Waals surface area contributed by atoms with Crippen molar-refractivity contribution in [2.24, 2.45) is 0 Å². The van der Waals surface area contributed by atoms with Gasteiger partial charge in [-0.15, -0.1) is 0 Å². The fourth-order valence-corrected chi connectivity index (χ4v) is 2.95. The van der Waals surface area contributed by atoms with Crippen LogP contribution in [0.5, 0.6) is 0 Å². The van der Waals surface area contributed by atoms with Gasteiger partial charge in [-0.05, 0) is 30.4 Å². The van der Waals surface area contributed by atoms with E-state index in [4.69, 9.17) is 0 Å². The van der Waals surface area contributed by atoms with E-state index in [-0.39, 0.29) is 37.7 Å². The van der Waals surface area contributed by atoms with Gasteiger partial charge in [-0.2, -0.15) is 11.8 Å². The minimum Gasteiger partial charge on any atom is -0.338 e. The molecule has 1 saturated heterocycles. The van der Waals surface area contributed by atoms with Gasteiger partial charge in [0.25, 0.3) is 11.8 Å². The highest BCUT2D eigenvalue weighted by atomic mass is 32.2. The minimum atomic E-state index is -2.68. The average molecular weight is 356 g/mol. The maximum atomic E-state index is 13.2. The number of nitrogens with one attached hydrogen (secondary N) is 1. The molecule has 0 spiro atoms. The number of carbonyl (C=O) groups is 2. The van der Waals surface area contributed by atoms with Crippen molar-refractivity contribution in [3.63, 3.8) is 0 Å². The number of halogens is 2. The van der Waals surface area contributed by atoms with Crippen LogP contribution >= 0.6 is 11.8 Å². The van der Waals surface area contributed by atoms with Crippen molar-refractivity contribution in [2.75, 3.05) is 29.9 Å². The fourth-order valence-electron chi connectivity index (χ4n) is 2.49. The third-order valence-electron chi connectivity index (χ3n) is 3.98. The van der Waals surface area contributed by atoms with Crippen molar-refractivity contribution in [2.45, 2.75) is 32.6 Å². The van der Waals surface area contributed by atoms with Crippen LogP contribution < -0.4 is 5.32 Å². The Hall–Kier alpha value is -1.63. The molecule has 4 nitrogen and oxygen atoms in total. The number of thioether (sulfide) groups is 1. The number of aryl methyl sites for hydroxylation is 1. The summed E-state index contributed by atoms with van der Waals surface area (Å²) in [5.74, 6) is -1.86. The zero-order valence-corrected chi connectivity index (χ0v) is 14.7. The molecule has 1 heterocycles. The Kier molecular flexibility index (Phi) is 6.21. The third kappa shape index (κ3) is 4.93. The molecule has 1 aliphatic heterocycles. The fraction of sp³-hybridized carbons (Fsp3) is 0.529. The predicted octanol–water partition coefficient (Wildman–Crippen LogP) is 3.56. The number of anilines is 1. The Balaban J connectivity index is 2.07. The van der Waals surface area contributed by atoms with Gasteiger partial charge < -0.3 is 10.2 Å². The van der Waals surface area contributed by atoms with Gasteiger partial charge in [0.1, 0.15) is 0 Å². The first kappa shape index (κ1) is 18.7. The Morgan fingerprint density at radius 3 is 2.58 bits per heavy atom. The molecule has 2 rings (SSSR count). The van der Waals surface area contributed by atoms with E-state index in [1.54, 1.807) is 18.2 Å². The number of rotatable bonds is 5.